The first-order valence-electron chi connectivity index (χ1n) is 7.19. The zero-order valence-electron chi connectivity index (χ0n) is 13.2. The Balaban J connectivity index is 0.000000321. The van der Waals surface area contributed by atoms with Crippen LogP contribution in [0.1, 0.15) is 0 Å². The molecule has 0 bridgehead atoms. The molecule has 146 valence electrons. The van der Waals surface area contributed by atoms with Gasteiger partial charge in [-0.05, 0) is 48.5 Å². The third-order valence-corrected chi connectivity index (χ3v) is 5.21. The van der Waals surface area contributed by atoms with Crippen LogP contribution in [0, 0.1) is 0 Å². The number of hydrogen-bond acceptors (Lipinski definition) is 0. The van der Waals surface area contributed by atoms with E-state index >= 15 is 0 Å². The van der Waals surface area contributed by atoms with E-state index in [1.54, 1.807) is 0 Å². The van der Waals surface area contributed by atoms with Crippen LogP contribution in [0.5, 0.6) is 0 Å². The van der Waals surface area contributed by atoms with Crippen molar-refractivity contribution in [3.8, 4) is 20.9 Å². The molecule has 3 aromatic rings. The molecule has 0 radical (unpaired) electrons. The van der Waals surface area contributed by atoms with E-state index < -0.39 is 19.5 Å². The fourth-order valence-corrected chi connectivity index (χ4v) is 3.51. The fourth-order valence-electron chi connectivity index (χ4n) is 1.95. The molecule has 0 aliphatic heterocycles. The molecule has 1 heterocycles. The Hall–Kier alpha value is -0.632. The molecule has 0 aliphatic carbocycles. The third-order valence-electron chi connectivity index (χ3n) is 2.97. The molecule has 0 saturated carbocycles. The van der Waals surface area contributed by atoms with Crippen molar-refractivity contribution < 1.29 is 16.9 Å². The Labute approximate surface area is 175 Å². The van der Waals surface area contributed by atoms with Gasteiger partial charge in [0, 0.05) is 32.2 Å². The predicted octanol–water partition coefficient (Wildman–Crippen LogP) is 9.03. The molecule has 3 rings (SSSR count). The van der Waals surface area contributed by atoms with Crippen LogP contribution in [0.2, 0.25) is 0 Å². The second-order valence-electron chi connectivity index (χ2n) is 5.33. The summed E-state index contributed by atoms with van der Waals surface area (Å²) in [4.78, 5) is 2.55. The minimum absolute atomic E-state index is 1.11. The van der Waals surface area contributed by atoms with Crippen LogP contribution >= 0.6 is 43.2 Å². The first kappa shape index (κ1) is 22.7. The van der Waals surface area contributed by atoms with E-state index in [9.17, 15) is 16.9 Å². The van der Waals surface area contributed by atoms with Gasteiger partial charge in [0.2, 0.25) is 21.1 Å². The van der Waals surface area contributed by atoms with Gasteiger partial charge in [-0.25, -0.2) is 0 Å². The molecule has 0 spiro atoms. The number of hydrogen-bond donors (Lipinski definition) is 0. The third kappa shape index (κ3) is 9.92. The summed E-state index contributed by atoms with van der Waals surface area (Å²) in [7, 11) is 0. The maximum absolute atomic E-state index is 11.2. The molecule has 0 fully saturated rings. The summed E-state index contributed by atoms with van der Waals surface area (Å²) in [6.07, 6.45) is 0. The van der Waals surface area contributed by atoms with Crippen LogP contribution in [0.3, 0.4) is 0 Å². The summed E-state index contributed by atoms with van der Waals surface area (Å²) in [5, 5.41) is 0. The van der Waals surface area contributed by atoms with Crippen LogP contribution in [-0.2, 0) is 0 Å². The Kier molecular flexibility index (Phi) is 6.42. The molecule has 0 nitrogen and oxygen atoms in total. The molecule has 10 heteroatoms. The molecule has 27 heavy (non-hydrogen) atoms. The van der Waals surface area contributed by atoms with Crippen LogP contribution in [0.4, 0.5) is 16.9 Å². The van der Waals surface area contributed by atoms with E-state index in [0.717, 1.165) is 8.95 Å². The van der Waals surface area contributed by atoms with Crippen molar-refractivity contribution in [1.29, 1.82) is 0 Å². The molecule has 0 N–H and O–H groups in total. The molecule has 0 amide bonds. The van der Waals surface area contributed by atoms with Crippen LogP contribution in [0.15, 0.2) is 75.7 Å². The minimum atomic E-state index is -11.2. The quantitative estimate of drug-likeness (QED) is 0.149. The van der Waals surface area contributed by atoms with Gasteiger partial charge in [-0.2, -0.15) is 0 Å². The number of benzene rings is 2. The van der Waals surface area contributed by atoms with E-state index in [1.165, 1.54) is 20.9 Å². The first-order valence-corrected chi connectivity index (χ1v) is 15.4. The molecule has 0 unspecified atom stereocenters. The van der Waals surface area contributed by atoms with E-state index in [-0.39, 0.29) is 0 Å². The molecular weight excluding hydrogens is 632 g/mol. The standard InChI is InChI=1S/C17H11Br2S.6FH.Sb/c18-14-8-4-12(5-9-14)16-2-1-3-17(20-16)13-6-10-15(19)11-7-13;;;;;;;/h1-11H;6*1H;/q+1;;;;;;;+5/p-6. The first-order chi connectivity index (χ1) is 12.2. The summed E-state index contributed by atoms with van der Waals surface area (Å²) in [5.74, 6) is 0. The Morgan fingerprint density at radius 3 is 1.15 bits per heavy atom. The van der Waals surface area contributed by atoms with Gasteiger partial charge < -0.3 is 0 Å². The molecule has 2 aromatic carbocycles. The monoisotopic (exact) mass is 640 g/mol. The fraction of sp³-hybridized carbons (Fsp3) is 0. The molecular formula is C17H11Br2F6SSb. The molecule has 1 aromatic heterocycles. The maximum atomic E-state index is 9.93. The Morgan fingerprint density at radius 1 is 0.556 bits per heavy atom. The molecule has 0 saturated heterocycles. The molecule has 0 atom stereocenters. The molecule has 0 aliphatic rings. The normalized spacial score (nSPS) is 13.8. The van der Waals surface area contributed by atoms with Gasteiger partial charge in [-0.15, -0.1) is 0 Å². The summed E-state index contributed by atoms with van der Waals surface area (Å²) in [6.45, 7) is 0. The van der Waals surface area contributed by atoms with Crippen LogP contribution < -0.4 is 0 Å². The zero-order valence-corrected chi connectivity index (χ0v) is 19.8. The van der Waals surface area contributed by atoms with Crippen molar-refractivity contribution in [2.75, 3.05) is 0 Å². The van der Waals surface area contributed by atoms with E-state index in [1.807, 2.05) is 11.3 Å². The average molecular weight is 643 g/mol. The van der Waals surface area contributed by atoms with Gasteiger partial charge in [0.1, 0.15) is 0 Å². The van der Waals surface area contributed by atoms with Gasteiger partial charge in [0.05, 0.1) is 0 Å². The Bertz CT molecular complexity index is 855. The van der Waals surface area contributed by atoms with Crippen molar-refractivity contribution in [3.05, 3.63) is 75.7 Å². The summed E-state index contributed by atoms with van der Waals surface area (Å²) >= 11 is -2.49. The van der Waals surface area contributed by atoms with Crippen LogP contribution in [-0.4, -0.2) is 19.5 Å². The van der Waals surface area contributed by atoms with E-state index in [2.05, 4.69) is 98.6 Å². The van der Waals surface area contributed by atoms with E-state index in [4.69, 9.17) is 0 Å². The van der Waals surface area contributed by atoms with Crippen molar-refractivity contribution >= 4 is 62.7 Å². The SMILES string of the molecule is Brc1ccc(-c2cccc(-c3ccc(Br)cc3)[s+]2)cc1.[F][Sb-]([F])([F])([F])([F])[F]. The van der Waals surface area contributed by atoms with Crippen molar-refractivity contribution in [1.82, 2.24) is 0 Å². The van der Waals surface area contributed by atoms with Crippen molar-refractivity contribution in [2.45, 2.75) is 0 Å². The van der Waals surface area contributed by atoms with Crippen molar-refractivity contribution in [2.24, 2.45) is 0 Å². The van der Waals surface area contributed by atoms with Crippen molar-refractivity contribution in [3.63, 3.8) is 0 Å². The average Bonchev–Trinajstić information content (AvgIpc) is 2.53. The van der Waals surface area contributed by atoms with Gasteiger partial charge >= 0.3 is 36.4 Å². The zero-order chi connectivity index (χ0) is 20.4. The van der Waals surface area contributed by atoms with Gasteiger partial charge in [0.25, 0.3) is 0 Å². The van der Waals surface area contributed by atoms with E-state index in [0.29, 0.717) is 0 Å². The second-order valence-corrected chi connectivity index (χ2v) is 13.7. The van der Waals surface area contributed by atoms with Gasteiger partial charge in [0.15, 0.2) is 0 Å². The van der Waals surface area contributed by atoms with Gasteiger partial charge in [-0.1, -0.05) is 37.9 Å². The summed E-state index contributed by atoms with van der Waals surface area (Å²) in [5.41, 5.74) is 2.49. The second kappa shape index (κ2) is 7.65. The summed E-state index contributed by atoms with van der Waals surface area (Å²) < 4.78 is 61.8. The number of rotatable bonds is 2. The predicted molar refractivity (Wildman–Crippen MR) is 107 cm³/mol. The Morgan fingerprint density at radius 2 is 0.852 bits per heavy atom. The topological polar surface area (TPSA) is 0 Å². The summed E-state index contributed by atoms with van der Waals surface area (Å²) in [6, 6.07) is 23.3. The van der Waals surface area contributed by atoms with Crippen LogP contribution in [0.25, 0.3) is 20.9 Å². The van der Waals surface area contributed by atoms with Gasteiger partial charge in [-0.3, -0.25) is 0 Å². The number of halogens is 8.